The number of nitrogens with one attached hydrogen (secondary N) is 2. The highest BCUT2D eigenvalue weighted by molar-refractivity contribution is 5.40. The van der Waals surface area contributed by atoms with E-state index < -0.39 is 0 Å². The minimum absolute atomic E-state index is 0.490. The second kappa shape index (κ2) is 6.53. The quantitative estimate of drug-likeness (QED) is 0.868. The van der Waals surface area contributed by atoms with Crippen LogP contribution < -0.4 is 10.6 Å². The van der Waals surface area contributed by atoms with Crippen LogP contribution >= 0.6 is 0 Å². The molecule has 1 heterocycles. The zero-order valence-electron chi connectivity index (χ0n) is 12.8. The van der Waals surface area contributed by atoms with Crippen LogP contribution in [0.1, 0.15) is 47.6 Å². The molecule has 0 spiro atoms. The molecule has 2 unspecified atom stereocenters. The third-order valence-corrected chi connectivity index (χ3v) is 4.79. The molecular weight excluding hydrogens is 232 g/mol. The van der Waals surface area contributed by atoms with Crippen molar-refractivity contribution in [2.75, 3.05) is 20.1 Å². The van der Waals surface area contributed by atoms with Gasteiger partial charge < -0.3 is 10.6 Å². The Morgan fingerprint density at radius 1 is 1.26 bits per heavy atom. The maximum Gasteiger partial charge on any atom is 0.0323 e. The first kappa shape index (κ1) is 14.5. The van der Waals surface area contributed by atoms with Crippen LogP contribution in [0.4, 0.5) is 0 Å². The molecule has 2 N–H and O–H groups in total. The molecule has 1 aliphatic rings. The second-order valence-electron chi connectivity index (χ2n) is 6.01. The highest BCUT2D eigenvalue weighted by Gasteiger charge is 2.20. The molecule has 106 valence electrons. The molecule has 0 aromatic heterocycles. The Morgan fingerprint density at radius 2 is 2.05 bits per heavy atom. The summed E-state index contributed by atoms with van der Waals surface area (Å²) in [5.74, 6) is 0.812. The minimum atomic E-state index is 0.490. The lowest BCUT2D eigenvalue weighted by atomic mass is 9.86. The van der Waals surface area contributed by atoms with Crippen molar-refractivity contribution in [1.29, 1.82) is 0 Å². The van der Waals surface area contributed by atoms with Crippen LogP contribution in [0.15, 0.2) is 12.1 Å². The highest BCUT2D eigenvalue weighted by atomic mass is 14.9. The number of hydrogen-bond donors (Lipinski definition) is 2. The van der Waals surface area contributed by atoms with Crippen LogP contribution in [0, 0.1) is 26.7 Å². The van der Waals surface area contributed by atoms with Gasteiger partial charge in [-0.1, -0.05) is 12.1 Å². The number of benzene rings is 1. The number of piperidine rings is 1. The van der Waals surface area contributed by atoms with Crippen LogP contribution in [0.3, 0.4) is 0 Å². The zero-order chi connectivity index (χ0) is 13.8. The molecule has 2 heteroatoms. The average Bonchev–Trinajstić information content (AvgIpc) is 2.44. The summed E-state index contributed by atoms with van der Waals surface area (Å²) in [4.78, 5) is 0. The standard InChI is InChI=1S/C17H28N2/c1-12-7-8-16(14(3)13(12)2)17(18-4)10-15-6-5-9-19-11-15/h7-8,15,17-19H,5-6,9-11H2,1-4H3. The van der Waals surface area contributed by atoms with Gasteiger partial charge in [-0.2, -0.15) is 0 Å². The van der Waals surface area contributed by atoms with Crippen LogP contribution in [-0.2, 0) is 0 Å². The Hall–Kier alpha value is -0.860. The predicted molar refractivity (Wildman–Crippen MR) is 82.7 cm³/mol. The van der Waals surface area contributed by atoms with E-state index in [4.69, 9.17) is 0 Å². The molecule has 1 aliphatic heterocycles. The fourth-order valence-corrected chi connectivity index (χ4v) is 3.21. The van der Waals surface area contributed by atoms with Crippen molar-refractivity contribution < 1.29 is 0 Å². The summed E-state index contributed by atoms with van der Waals surface area (Å²) in [6.07, 6.45) is 3.94. The summed E-state index contributed by atoms with van der Waals surface area (Å²) in [5, 5.41) is 7.05. The first-order valence-electron chi connectivity index (χ1n) is 7.58. The molecule has 0 radical (unpaired) electrons. The van der Waals surface area contributed by atoms with Crippen molar-refractivity contribution in [2.24, 2.45) is 5.92 Å². The van der Waals surface area contributed by atoms with E-state index in [1.165, 1.54) is 54.6 Å². The van der Waals surface area contributed by atoms with Crippen molar-refractivity contribution in [3.05, 3.63) is 34.4 Å². The smallest absolute Gasteiger partial charge is 0.0323 e. The Bertz CT molecular complexity index is 420. The van der Waals surface area contributed by atoms with E-state index in [-0.39, 0.29) is 0 Å². The van der Waals surface area contributed by atoms with E-state index in [9.17, 15) is 0 Å². The lowest BCUT2D eigenvalue weighted by molar-refractivity contribution is 0.321. The predicted octanol–water partition coefficient (Wildman–Crippen LogP) is 3.26. The van der Waals surface area contributed by atoms with Crippen molar-refractivity contribution in [3.8, 4) is 0 Å². The average molecular weight is 260 g/mol. The van der Waals surface area contributed by atoms with Gasteiger partial charge in [0.05, 0.1) is 0 Å². The van der Waals surface area contributed by atoms with Gasteiger partial charge in [0.1, 0.15) is 0 Å². The summed E-state index contributed by atoms with van der Waals surface area (Å²) in [6.45, 7) is 9.08. The van der Waals surface area contributed by atoms with Gasteiger partial charge in [-0.15, -0.1) is 0 Å². The van der Waals surface area contributed by atoms with Crippen molar-refractivity contribution in [3.63, 3.8) is 0 Å². The largest absolute Gasteiger partial charge is 0.316 e. The monoisotopic (exact) mass is 260 g/mol. The molecule has 1 aromatic carbocycles. The van der Waals surface area contributed by atoms with Crippen molar-refractivity contribution in [1.82, 2.24) is 10.6 Å². The van der Waals surface area contributed by atoms with Crippen LogP contribution in [0.2, 0.25) is 0 Å². The van der Waals surface area contributed by atoms with E-state index in [0.29, 0.717) is 6.04 Å². The summed E-state index contributed by atoms with van der Waals surface area (Å²) >= 11 is 0. The van der Waals surface area contributed by atoms with Gasteiger partial charge in [-0.05, 0) is 88.3 Å². The van der Waals surface area contributed by atoms with Crippen LogP contribution in [0.25, 0.3) is 0 Å². The fraction of sp³-hybridized carbons (Fsp3) is 0.647. The summed E-state index contributed by atoms with van der Waals surface area (Å²) in [6, 6.07) is 5.07. The maximum absolute atomic E-state index is 3.53. The zero-order valence-corrected chi connectivity index (χ0v) is 12.8. The number of hydrogen-bond acceptors (Lipinski definition) is 2. The maximum atomic E-state index is 3.53. The summed E-state index contributed by atoms with van der Waals surface area (Å²) in [5.41, 5.74) is 5.79. The minimum Gasteiger partial charge on any atom is -0.316 e. The van der Waals surface area contributed by atoms with Gasteiger partial charge in [0.2, 0.25) is 0 Å². The number of rotatable bonds is 4. The Morgan fingerprint density at radius 3 is 2.68 bits per heavy atom. The molecule has 1 fully saturated rings. The van der Waals surface area contributed by atoms with Gasteiger partial charge in [-0.25, -0.2) is 0 Å². The van der Waals surface area contributed by atoms with Gasteiger partial charge in [0.25, 0.3) is 0 Å². The topological polar surface area (TPSA) is 24.1 Å². The molecular formula is C17H28N2. The molecule has 1 saturated heterocycles. The van der Waals surface area contributed by atoms with Crippen LogP contribution in [0.5, 0.6) is 0 Å². The van der Waals surface area contributed by atoms with E-state index in [0.717, 1.165) is 5.92 Å². The third kappa shape index (κ3) is 3.37. The normalized spacial score (nSPS) is 21.4. The molecule has 0 saturated carbocycles. The molecule has 19 heavy (non-hydrogen) atoms. The molecule has 0 bridgehead atoms. The van der Waals surface area contributed by atoms with Gasteiger partial charge >= 0.3 is 0 Å². The number of aryl methyl sites for hydroxylation is 1. The second-order valence-corrected chi connectivity index (χ2v) is 6.01. The SMILES string of the molecule is CNC(CC1CCCNC1)c1ccc(C)c(C)c1C. The fourth-order valence-electron chi connectivity index (χ4n) is 3.21. The van der Waals surface area contributed by atoms with Gasteiger partial charge in [0.15, 0.2) is 0 Å². The van der Waals surface area contributed by atoms with Crippen molar-refractivity contribution in [2.45, 2.75) is 46.1 Å². The lowest BCUT2D eigenvalue weighted by Gasteiger charge is -2.28. The Kier molecular flexibility index (Phi) is 5.00. The molecule has 1 aromatic rings. The molecule has 2 nitrogen and oxygen atoms in total. The van der Waals surface area contributed by atoms with E-state index in [2.05, 4.69) is 50.6 Å². The highest BCUT2D eigenvalue weighted by Crippen LogP contribution is 2.29. The summed E-state index contributed by atoms with van der Waals surface area (Å²) in [7, 11) is 2.09. The van der Waals surface area contributed by atoms with E-state index >= 15 is 0 Å². The third-order valence-electron chi connectivity index (χ3n) is 4.79. The molecule has 2 rings (SSSR count). The van der Waals surface area contributed by atoms with E-state index in [1.807, 2.05) is 0 Å². The summed E-state index contributed by atoms with van der Waals surface area (Å²) < 4.78 is 0. The van der Waals surface area contributed by atoms with Gasteiger partial charge in [-0.3, -0.25) is 0 Å². The Labute approximate surface area is 118 Å². The van der Waals surface area contributed by atoms with E-state index in [1.54, 1.807) is 0 Å². The van der Waals surface area contributed by atoms with Gasteiger partial charge in [0, 0.05) is 6.04 Å². The molecule has 0 aliphatic carbocycles. The molecule has 0 amide bonds. The Balaban J connectivity index is 2.14. The lowest BCUT2D eigenvalue weighted by Crippen LogP contribution is -2.32. The van der Waals surface area contributed by atoms with Crippen molar-refractivity contribution >= 4 is 0 Å². The van der Waals surface area contributed by atoms with Crippen LogP contribution in [-0.4, -0.2) is 20.1 Å². The first-order valence-corrected chi connectivity index (χ1v) is 7.58. The first-order chi connectivity index (χ1) is 9.13. The molecule has 2 atom stereocenters.